The molecular formula is C19H19O3W-. The maximum absolute atomic E-state index is 9.08. The van der Waals surface area contributed by atoms with Crippen LogP contribution < -0.4 is 9.47 Å². The Morgan fingerprint density at radius 2 is 1.43 bits per heavy atom. The second kappa shape index (κ2) is 10.1. The van der Waals surface area contributed by atoms with Crippen molar-refractivity contribution in [3.63, 3.8) is 0 Å². The molecule has 0 fully saturated rings. The SMILES string of the molecule is C#CCOc1ccc(Cc2ccc(OCC([CH2-])O)cc2)cc1.[W]. The van der Waals surface area contributed by atoms with Crippen LogP contribution in [0.4, 0.5) is 0 Å². The molecule has 3 nitrogen and oxygen atoms in total. The number of aliphatic hydroxyl groups is 1. The molecular weight excluding hydrogens is 460 g/mol. The predicted octanol–water partition coefficient (Wildman–Crippen LogP) is 2.86. The number of ether oxygens (including phenoxy) is 2. The Bertz CT molecular complexity index is 613. The molecule has 120 valence electrons. The van der Waals surface area contributed by atoms with E-state index in [0.29, 0.717) is 0 Å². The van der Waals surface area contributed by atoms with E-state index >= 15 is 0 Å². The molecule has 2 aromatic rings. The van der Waals surface area contributed by atoms with Crippen molar-refractivity contribution in [2.24, 2.45) is 0 Å². The molecule has 23 heavy (non-hydrogen) atoms. The molecule has 1 unspecified atom stereocenters. The van der Waals surface area contributed by atoms with Gasteiger partial charge in [-0.1, -0.05) is 30.2 Å². The fraction of sp³-hybridized carbons (Fsp3) is 0.211. The zero-order chi connectivity index (χ0) is 15.8. The molecule has 1 N–H and O–H groups in total. The summed E-state index contributed by atoms with van der Waals surface area (Å²) in [5.74, 6) is 3.94. The van der Waals surface area contributed by atoms with Crippen molar-refractivity contribution >= 4 is 0 Å². The molecule has 0 aliphatic carbocycles. The minimum Gasteiger partial charge on any atom is -0.494 e. The molecule has 0 aliphatic heterocycles. The fourth-order valence-electron chi connectivity index (χ4n) is 1.96. The van der Waals surface area contributed by atoms with E-state index in [-0.39, 0.29) is 34.3 Å². The van der Waals surface area contributed by atoms with Gasteiger partial charge in [0.25, 0.3) is 0 Å². The first kappa shape index (κ1) is 19.3. The largest absolute Gasteiger partial charge is 0.494 e. The summed E-state index contributed by atoms with van der Waals surface area (Å²) < 4.78 is 10.7. The minimum atomic E-state index is -0.713. The normalized spacial score (nSPS) is 11.0. The van der Waals surface area contributed by atoms with E-state index in [2.05, 4.69) is 12.8 Å². The first-order valence-corrected chi connectivity index (χ1v) is 7.05. The van der Waals surface area contributed by atoms with Crippen molar-refractivity contribution in [3.8, 4) is 23.8 Å². The molecule has 0 saturated heterocycles. The van der Waals surface area contributed by atoms with Gasteiger partial charge in [0.1, 0.15) is 18.1 Å². The zero-order valence-corrected chi connectivity index (χ0v) is 15.7. The molecule has 0 saturated carbocycles. The van der Waals surface area contributed by atoms with Crippen LogP contribution in [0.5, 0.6) is 11.5 Å². The molecule has 4 heteroatoms. The first-order valence-electron chi connectivity index (χ1n) is 7.05. The number of rotatable bonds is 7. The van der Waals surface area contributed by atoms with Gasteiger partial charge < -0.3 is 21.5 Å². The number of hydrogen-bond acceptors (Lipinski definition) is 3. The second-order valence-corrected chi connectivity index (χ2v) is 4.92. The number of benzene rings is 2. The predicted molar refractivity (Wildman–Crippen MR) is 86.9 cm³/mol. The molecule has 0 heterocycles. The monoisotopic (exact) mass is 479 g/mol. The van der Waals surface area contributed by atoms with Crippen molar-refractivity contribution in [1.29, 1.82) is 0 Å². The smallest absolute Gasteiger partial charge is 0.148 e. The van der Waals surface area contributed by atoms with Gasteiger partial charge in [0.15, 0.2) is 0 Å². The summed E-state index contributed by atoms with van der Waals surface area (Å²) in [7, 11) is 0. The van der Waals surface area contributed by atoms with Crippen molar-refractivity contribution in [3.05, 3.63) is 66.6 Å². The van der Waals surface area contributed by atoms with Crippen LogP contribution in [-0.2, 0) is 27.5 Å². The van der Waals surface area contributed by atoms with Crippen LogP contribution in [0.3, 0.4) is 0 Å². The Hall–Kier alpha value is -1.75. The maximum atomic E-state index is 9.08. The summed E-state index contributed by atoms with van der Waals surface area (Å²) in [6, 6.07) is 15.7. The molecule has 0 bridgehead atoms. The van der Waals surface area contributed by atoms with Crippen LogP contribution >= 0.6 is 0 Å². The third kappa shape index (κ3) is 6.91. The second-order valence-electron chi connectivity index (χ2n) is 4.92. The van der Waals surface area contributed by atoms with Crippen LogP contribution in [0.1, 0.15) is 11.1 Å². The third-order valence-electron chi connectivity index (χ3n) is 3.02. The molecule has 0 amide bonds. The Morgan fingerprint density at radius 1 is 0.957 bits per heavy atom. The van der Waals surface area contributed by atoms with Crippen LogP contribution in [0.15, 0.2) is 48.5 Å². The quantitative estimate of drug-likeness (QED) is 0.491. The molecule has 0 aromatic heterocycles. The van der Waals surface area contributed by atoms with E-state index in [4.69, 9.17) is 21.0 Å². The average molecular weight is 479 g/mol. The summed E-state index contributed by atoms with van der Waals surface area (Å²) in [5.41, 5.74) is 2.37. The van der Waals surface area contributed by atoms with Gasteiger partial charge in [-0.05, 0) is 47.9 Å². The fourth-order valence-corrected chi connectivity index (χ4v) is 1.96. The van der Waals surface area contributed by atoms with Gasteiger partial charge in [0, 0.05) is 21.1 Å². The zero-order valence-electron chi connectivity index (χ0n) is 12.8. The van der Waals surface area contributed by atoms with Crippen LogP contribution in [0.25, 0.3) is 0 Å². The van der Waals surface area contributed by atoms with Crippen molar-refractivity contribution in [2.75, 3.05) is 13.2 Å². The first-order chi connectivity index (χ1) is 10.7. The summed E-state index contributed by atoms with van der Waals surface area (Å²) >= 11 is 0. The van der Waals surface area contributed by atoms with Crippen molar-refractivity contribution in [1.82, 2.24) is 0 Å². The van der Waals surface area contributed by atoms with Gasteiger partial charge in [-0.3, -0.25) is 0 Å². The molecule has 0 aliphatic rings. The van der Waals surface area contributed by atoms with E-state index in [1.807, 2.05) is 48.5 Å². The van der Waals surface area contributed by atoms with Gasteiger partial charge in [-0.2, -0.15) is 0 Å². The van der Waals surface area contributed by atoms with E-state index in [0.717, 1.165) is 17.9 Å². The maximum Gasteiger partial charge on any atom is 0.148 e. The average Bonchev–Trinajstić information content (AvgIpc) is 2.53. The summed E-state index contributed by atoms with van der Waals surface area (Å²) in [4.78, 5) is 0. The van der Waals surface area contributed by atoms with Gasteiger partial charge >= 0.3 is 0 Å². The molecule has 0 radical (unpaired) electrons. The van der Waals surface area contributed by atoms with Crippen molar-refractivity contribution < 1.29 is 35.6 Å². The summed E-state index contributed by atoms with van der Waals surface area (Å²) in [6.45, 7) is 3.94. The van der Waals surface area contributed by atoms with Crippen LogP contribution in [0, 0.1) is 19.3 Å². The topological polar surface area (TPSA) is 38.7 Å². The number of hydrogen-bond donors (Lipinski definition) is 1. The Kier molecular flexibility index (Phi) is 8.48. The van der Waals surface area contributed by atoms with E-state index in [1.165, 1.54) is 11.1 Å². The van der Waals surface area contributed by atoms with Gasteiger partial charge in [0.05, 0.1) is 6.61 Å². The number of aliphatic hydroxyl groups excluding tert-OH is 1. The van der Waals surface area contributed by atoms with Crippen LogP contribution in [-0.4, -0.2) is 24.4 Å². The van der Waals surface area contributed by atoms with Crippen LogP contribution in [0.2, 0.25) is 0 Å². The summed E-state index contributed by atoms with van der Waals surface area (Å²) in [6.07, 6.45) is 5.27. The summed E-state index contributed by atoms with van der Waals surface area (Å²) in [5, 5.41) is 9.08. The standard InChI is InChI=1S/C19H19O3.W/c1-3-12-21-18-8-4-16(5-9-18)13-17-6-10-19(11-7-17)22-14-15(2)20;/h1,4-11,15,20H,2,12-14H2;/q-1;. The molecule has 0 spiro atoms. The Balaban J connectivity index is 0.00000264. The molecule has 2 aromatic carbocycles. The molecule has 2 rings (SSSR count). The van der Waals surface area contributed by atoms with Crippen molar-refractivity contribution in [2.45, 2.75) is 12.5 Å². The Labute approximate surface area is 151 Å². The minimum absolute atomic E-state index is 0. The number of terminal acetylenes is 1. The van der Waals surface area contributed by atoms with E-state index < -0.39 is 6.10 Å². The Morgan fingerprint density at radius 3 is 1.87 bits per heavy atom. The van der Waals surface area contributed by atoms with Gasteiger partial charge in [-0.25, -0.2) is 0 Å². The van der Waals surface area contributed by atoms with Gasteiger partial charge in [0.2, 0.25) is 0 Å². The van der Waals surface area contributed by atoms with Gasteiger partial charge in [-0.15, -0.1) is 6.42 Å². The van der Waals surface area contributed by atoms with E-state index in [1.54, 1.807) is 0 Å². The van der Waals surface area contributed by atoms with E-state index in [9.17, 15) is 0 Å². The third-order valence-corrected chi connectivity index (χ3v) is 3.02. The molecule has 1 atom stereocenters.